The van der Waals surface area contributed by atoms with E-state index in [1.807, 2.05) is 48.5 Å². The van der Waals surface area contributed by atoms with Crippen molar-refractivity contribution in [2.45, 2.75) is 25.7 Å². The monoisotopic (exact) mass is 401 g/mol. The van der Waals surface area contributed by atoms with E-state index < -0.39 is 5.97 Å². The van der Waals surface area contributed by atoms with Crippen LogP contribution >= 0.6 is 0 Å². The highest BCUT2D eigenvalue weighted by Crippen LogP contribution is 2.27. The Hall–Kier alpha value is -3.40. The summed E-state index contributed by atoms with van der Waals surface area (Å²) >= 11 is 0. The number of amides is 1. The molecule has 0 bridgehead atoms. The summed E-state index contributed by atoms with van der Waals surface area (Å²) in [5.41, 5.74) is 4.02. The first-order chi connectivity index (χ1) is 14.7. The van der Waals surface area contributed by atoms with E-state index in [4.69, 9.17) is 4.74 Å². The maximum atomic E-state index is 12.1. The van der Waals surface area contributed by atoms with Gasteiger partial charge in [0.05, 0.1) is 5.56 Å². The third kappa shape index (κ3) is 6.05. The largest absolute Gasteiger partial charge is 0.452 e. The Labute approximate surface area is 177 Å². The van der Waals surface area contributed by atoms with Crippen molar-refractivity contribution in [2.24, 2.45) is 0 Å². The predicted molar refractivity (Wildman–Crippen MR) is 118 cm³/mol. The van der Waals surface area contributed by atoms with Crippen LogP contribution in [0.25, 0.3) is 0 Å². The molecule has 0 aliphatic heterocycles. The van der Waals surface area contributed by atoms with Crippen molar-refractivity contribution >= 4 is 11.9 Å². The van der Waals surface area contributed by atoms with Crippen LogP contribution in [-0.2, 0) is 16.0 Å². The average Bonchev–Trinajstić information content (AvgIpc) is 2.81. The van der Waals surface area contributed by atoms with Gasteiger partial charge in [-0.25, -0.2) is 4.79 Å². The second kappa shape index (κ2) is 11.0. The first-order valence-corrected chi connectivity index (χ1v) is 10.3. The highest BCUT2D eigenvalue weighted by atomic mass is 16.5. The van der Waals surface area contributed by atoms with E-state index in [1.54, 1.807) is 12.1 Å². The van der Waals surface area contributed by atoms with Gasteiger partial charge in [-0.3, -0.25) is 4.79 Å². The summed E-state index contributed by atoms with van der Waals surface area (Å²) < 4.78 is 5.14. The van der Waals surface area contributed by atoms with Crippen molar-refractivity contribution < 1.29 is 14.3 Å². The molecule has 3 aromatic carbocycles. The normalized spacial score (nSPS) is 10.6. The van der Waals surface area contributed by atoms with Crippen LogP contribution in [0, 0.1) is 0 Å². The van der Waals surface area contributed by atoms with Crippen molar-refractivity contribution in [1.82, 2.24) is 5.32 Å². The molecule has 0 heterocycles. The minimum atomic E-state index is -0.487. The Morgan fingerprint density at radius 2 is 1.40 bits per heavy atom. The number of ether oxygens (including phenoxy) is 1. The average molecular weight is 402 g/mol. The second-order valence-electron chi connectivity index (χ2n) is 7.14. The molecule has 0 saturated carbocycles. The molecule has 3 aromatic rings. The van der Waals surface area contributed by atoms with Gasteiger partial charge in [0.1, 0.15) is 0 Å². The Morgan fingerprint density at radius 3 is 1.93 bits per heavy atom. The topological polar surface area (TPSA) is 55.4 Å². The molecule has 4 heteroatoms. The van der Waals surface area contributed by atoms with Crippen molar-refractivity contribution in [3.63, 3.8) is 0 Å². The van der Waals surface area contributed by atoms with Crippen molar-refractivity contribution in [1.29, 1.82) is 0 Å². The molecule has 1 N–H and O–H groups in total. The lowest BCUT2D eigenvalue weighted by atomic mass is 9.88. The molecule has 0 aromatic heterocycles. The van der Waals surface area contributed by atoms with E-state index >= 15 is 0 Å². The molecule has 0 saturated heterocycles. The quantitative estimate of drug-likeness (QED) is 0.527. The minimum absolute atomic E-state index is 0.187. The smallest absolute Gasteiger partial charge is 0.338 e. The lowest BCUT2D eigenvalue weighted by Gasteiger charge is -2.18. The van der Waals surface area contributed by atoms with Crippen molar-refractivity contribution in [3.8, 4) is 0 Å². The van der Waals surface area contributed by atoms with Gasteiger partial charge in [-0.15, -0.1) is 0 Å². The van der Waals surface area contributed by atoms with Crippen molar-refractivity contribution in [2.75, 3.05) is 13.2 Å². The molecule has 30 heavy (non-hydrogen) atoms. The van der Waals surface area contributed by atoms with Crippen LogP contribution in [0.3, 0.4) is 0 Å². The number of benzene rings is 3. The highest BCUT2D eigenvalue weighted by molar-refractivity contribution is 5.91. The molecular weight excluding hydrogens is 374 g/mol. The Balaban J connectivity index is 1.50. The maximum absolute atomic E-state index is 12.1. The fraction of sp³-hybridized carbons (Fsp3) is 0.231. The van der Waals surface area contributed by atoms with Crippen LogP contribution in [0.1, 0.15) is 46.3 Å². The van der Waals surface area contributed by atoms with E-state index in [0.717, 1.165) is 18.4 Å². The third-order valence-corrected chi connectivity index (χ3v) is 5.09. The molecule has 1 amide bonds. The number of rotatable bonds is 9. The number of hydrogen-bond donors (Lipinski definition) is 1. The first kappa shape index (κ1) is 21.3. The summed E-state index contributed by atoms with van der Waals surface area (Å²) in [6.45, 7) is 2.27. The summed E-state index contributed by atoms with van der Waals surface area (Å²) in [5, 5.41) is 2.86. The van der Waals surface area contributed by atoms with E-state index in [-0.39, 0.29) is 18.4 Å². The lowest BCUT2D eigenvalue weighted by molar-refractivity contribution is -0.124. The van der Waals surface area contributed by atoms with Crippen LogP contribution in [0.15, 0.2) is 84.9 Å². The molecule has 0 atom stereocenters. The van der Waals surface area contributed by atoms with Gasteiger partial charge < -0.3 is 10.1 Å². The zero-order valence-corrected chi connectivity index (χ0v) is 17.2. The van der Waals surface area contributed by atoms with Gasteiger partial charge in [0, 0.05) is 12.5 Å². The van der Waals surface area contributed by atoms with E-state index in [2.05, 4.69) is 36.5 Å². The van der Waals surface area contributed by atoms with Crippen LogP contribution in [-0.4, -0.2) is 25.0 Å². The molecule has 0 fully saturated rings. The number of nitrogens with one attached hydrogen (secondary N) is 1. The van der Waals surface area contributed by atoms with Gasteiger partial charge in [-0.05, 0) is 41.7 Å². The predicted octanol–water partition coefficient (Wildman–Crippen LogP) is 4.74. The molecule has 3 rings (SSSR count). The minimum Gasteiger partial charge on any atom is -0.452 e. The Bertz CT molecular complexity index is 898. The number of aryl methyl sites for hydroxylation is 1. The molecule has 0 aliphatic carbocycles. The van der Waals surface area contributed by atoms with Crippen molar-refractivity contribution in [3.05, 3.63) is 107 Å². The summed E-state index contributed by atoms with van der Waals surface area (Å²) in [6.07, 6.45) is 1.66. The molecule has 0 radical (unpaired) electrons. The van der Waals surface area contributed by atoms with E-state index in [1.165, 1.54) is 11.1 Å². The maximum Gasteiger partial charge on any atom is 0.338 e. The van der Waals surface area contributed by atoms with Gasteiger partial charge in [0.15, 0.2) is 6.61 Å². The summed E-state index contributed by atoms with van der Waals surface area (Å²) in [5.74, 6) is -0.597. The highest BCUT2D eigenvalue weighted by Gasteiger charge is 2.15. The fourth-order valence-corrected chi connectivity index (χ4v) is 3.39. The molecule has 0 aliphatic rings. The zero-order chi connectivity index (χ0) is 21.2. The molecule has 0 spiro atoms. The van der Waals surface area contributed by atoms with Crippen LogP contribution < -0.4 is 5.32 Å². The van der Waals surface area contributed by atoms with Gasteiger partial charge in [0.25, 0.3) is 5.91 Å². The number of hydrogen-bond acceptors (Lipinski definition) is 3. The Kier molecular flexibility index (Phi) is 7.78. The van der Waals surface area contributed by atoms with Gasteiger partial charge in [-0.1, -0.05) is 79.7 Å². The van der Waals surface area contributed by atoms with Crippen LogP contribution in [0.4, 0.5) is 0 Å². The second-order valence-corrected chi connectivity index (χ2v) is 7.14. The molecule has 154 valence electrons. The standard InChI is InChI=1S/C26H27NO3/c1-2-20-13-15-23(16-14-20)26(29)30-19-25(28)27-18-17-24(21-9-5-3-6-10-21)22-11-7-4-8-12-22/h3-16,24H,2,17-19H2,1H3,(H,27,28). The van der Waals surface area contributed by atoms with Gasteiger partial charge in [0.2, 0.25) is 0 Å². The zero-order valence-electron chi connectivity index (χ0n) is 17.2. The third-order valence-electron chi connectivity index (χ3n) is 5.09. The van der Waals surface area contributed by atoms with Crippen LogP contribution in [0.2, 0.25) is 0 Å². The number of carbonyl (C=O) groups is 2. The van der Waals surface area contributed by atoms with E-state index in [0.29, 0.717) is 12.1 Å². The number of carbonyl (C=O) groups excluding carboxylic acids is 2. The molecule has 4 nitrogen and oxygen atoms in total. The summed E-state index contributed by atoms with van der Waals surface area (Å²) in [4.78, 5) is 24.2. The Morgan fingerprint density at radius 1 is 0.833 bits per heavy atom. The fourth-order valence-electron chi connectivity index (χ4n) is 3.39. The van der Waals surface area contributed by atoms with Gasteiger partial charge >= 0.3 is 5.97 Å². The summed E-state index contributed by atoms with van der Waals surface area (Å²) in [6, 6.07) is 27.7. The van der Waals surface area contributed by atoms with Crippen LogP contribution in [0.5, 0.6) is 0 Å². The molecule has 0 unspecified atom stereocenters. The number of esters is 1. The summed E-state index contributed by atoms with van der Waals surface area (Å²) in [7, 11) is 0. The molecular formula is C26H27NO3. The first-order valence-electron chi connectivity index (χ1n) is 10.3. The van der Waals surface area contributed by atoms with E-state index in [9.17, 15) is 9.59 Å². The lowest BCUT2D eigenvalue weighted by Crippen LogP contribution is -2.30. The SMILES string of the molecule is CCc1ccc(C(=O)OCC(=O)NCCC(c2ccccc2)c2ccccc2)cc1. The van der Waals surface area contributed by atoms with Gasteiger partial charge in [-0.2, -0.15) is 0 Å².